The summed E-state index contributed by atoms with van der Waals surface area (Å²) in [6, 6.07) is 5.72. The Labute approximate surface area is 216 Å². The fourth-order valence-electron chi connectivity index (χ4n) is 3.63. The summed E-state index contributed by atoms with van der Waals surface area (Å²) in [4.78, 5) is 42.5. The lowest BCUT2D eigenvalue weighted by molar-refractivity contribution is -0.137. The Morgan fingerprint density at radius 2 is 1.74 bits per heavy atom. The maximum atomic E-state index is 14.2. The van der Waals surface area contributed by atoms with Crippen molar-refractivity contribution in [1.82, 2.24) is 9.55 Å². The number of aryl methyl sites for hydroxylation is 1. The minimum atomic E-state index is -4.74. The fourth-order valence-corrected chi connectivity index (χ4v) is 3.63. The van der Waals surface area contributed by atoms with Gasteiger partial charge in [-0.1, -0.05) is 20.8 Å². The van der Waals surface area contributed by atoms with Gasteiger partial charge in [0.05, 0.1) is 22.3 Å². The highest BCUT2D eigenvalue weighted by atomic mass is 19.4. The van der Waals surface area contributed by atoms with Gasteiger partial charge in [-0.25, -0.2) is 14.2 Å². The van der Waals surface area contributed by atoms with Crippen LogP contribution in [0.1, 0.15) is 39.2 Å². The zero-order valence-electron chi connectivity index (χ0n) is 21.2. The van der Waals surface area contributed by atoms with Crippen molar-refractivity contribution in [2.45, 2.75) is 46.3 Å². The van der Waals surface area contributed by atoms with Gasteiger partial charge in [-0.3, -0.25) is 14.9 Å². The Hall–Kier alpha value is -4.16. The van der Waals surface area contributed by atoms with E-state index in [2.05, 4.69) is 15.6 Å². The summed E-state index contributed by atoms with van der Waals surface area (Å²) in [7, 11) is 1.63. The van der Waals surface area contributed by atoms with Gasteiger partial charge in [0, 0.05) is 32.1 Å². The van der Waals surface area contributed by atoms with E-state index in [9.17, 15) is 31.9 Å². The Kier molecular flexibility index (Phi) is 7.98. The summed E-state index contributed by atoms with van der Waals surface area (Å²) in [6.45, 7) is 5.89. The molecule has 2 aromatic carbocycles. The SMILES string of the molecule is CN(C(=O)CC(C)(C)C)c1ccc2c(c1)nc(NC(=O)Nc1ccc(C(F)(F)F)cc1F)n2CCC(N)=O. The van der Waals surface area contributed by atoms with Crippen LogP contribution in [-0.4, -0.2) is 34.4 Å². The minimum absolute atomic E-state index is 0.0214. The van der Waals surface area contributed by atoms with Gasteiger partial charge in [0.25, 0.3) is 0 Å². The third-order valence-electron chi connectivity index (χ3n) is 5.53. The number of urea groups is 1. The highest BCUT2D eigenvalue weighted by Gasteiger charge is 2.31. The summed E-state index contributed by atoms with van der Waals surface area (Å²) in [5, 5.41) is 4.58. The lowest BCUT2D eigenvalue weighted by Crippen LogP contribution is -2.29. The summed E-state index contributed by atoms with van der Waals surface area (Å²) in [6.07, 6.45) is -4.51. The zero-order chi connectivity index (χ0) is 28.4. The number of aromatic nitrogens is 2. The molecular weight excluding hydrogens is 508 g/mol. The van der Waals surface area contributed by atoms with Crippen molar-refractivity contribution in [3.8, 4) is 0 Å². The number of hydrogen-bond donors (Lipinski definition) is 3. The smallest absolute Gasteiger partial charge is 0.370 e. The number of anilines is 3. The molecule has 0 bridgehead atoms. The Morgan fingerprint density at radius 3 is 2.32 bits per heavy atom. The summed E-state index contributed by atoms with van der Waals surface area (Å²) >= 11 is 0. The highest BCUT2D eigenvalue weighted by molar-refractivity contribution is 6.00. The van der Waals surface area contributed by atoms with Crippen LogP contribution < -0.4 is 21.3 Å². The van der Waals surface area contributed by atoms with Crippen LogP contribution >= 0.6 is 0 Å². The number of primary amides is 1. The Morgan fingerprint density at radius 1 is 1.05 bits per heavy atom. The molecule has 13 heteroatoms. The summed E-state index contributed by atoms with van der Waals surface area (Å²) in [5.41, 5.74) is 4.84. The monoisotopic (exact) mass is 536 g/mol. The number of hydrogen-bond acceptors (Lipinski definition) is 4. The van der Waals surface area contributed by atoms with E-state index < -0.39 is 35.2 Å². The normalized spacial score (nSPS) is 11.9. The second kappa shape index (κ2) is 10.7. The first-order valence-electron chi connectivity index (χ1n) is 11.5. The van der Waals surface area contributed by atoms with E-state index in [0.717, 1.165) is 6.07 Å². The summed E-state index contributed by atoms with van der Waals surface area (Å²) < 4.78 is 54.0. The number of imidazole rings is 1. The van der Waals surface area contributed by atoms with Gasteiger partial charge in [0.15, 0.2) is 0 Å². The van der Waals surface area contributed by atoms with Crippen LogP contribution in [0.3, 0.4) is 0 Å². The number of fused-ring (bicyclic) bond motifs is 1. The first kappa shape index (κ1) is 28.4. The van der Waals surface area contributed by atoms with Gasteiger partial charge >= 0.3 is 12.2 Å². The first-order chi connectivity index (χ1) is 17.5. The lowest BCUT2D eigenvalue weighted by atomic mass is 9.91. The van der Waals surface area contributed by atoms with E-state index in [1.807, 2.05) is 20.8 Å². The molecule has 9 nitrogen and oxygen atoms in total. The lowest BCUT2D eigenvalue weighted by Gasteiger charge is -2.23. The number of halogens is 4. The fraction of sp³-hybridized carbons (Fsp3) is 0.360. The number of benzene rings is 2. The zero-order valence-corrected chi connectivity index (χ0v) is 21.2. The van der Waals surface area contributed by atoms with Crippen molar-refractivity contribution >= 4 is 46.2 Å². The number of carbonyl (C=O) groups excluding carboxylic acids is 3. The van der Waals surface area contributed by atoms with Crippen molar-refractivity contribution in [3.63, 3.8) is 0 Å². The highest BCUT2D eigenvalue weighted by Crippen LogP contribution is 2.32. The molecular formula is C25H28F4N6O3. The van der Waals surface area contributed by atoms with E-state index in [1.54, 1.807) is 25.2 Å². The van der Waals surface area contributed by atoms with Gasteiger partial charge < -0.3 is 20.5 Å². The second-order valence-electron chi connectivity index (χ2n) is 9.94. The predicted octanol–water partition coefficient (Wildman–Crippen LogP) is 5.11. The van der Waals surface area contributed by atoms with Crippen LogP contribution in [0, 0.1) is 11.2 Å². The molecule has 4 amide bonds. The number of alkyl halides is 3. The molecule has 3 rings (SSSR count). The van der Waals surface area contributed by atoms with Crippen LogP contribution in [-0.2, 0) is 22.3 Å². The van der Waals surface area contributed by atoms with Gasteiger partial charge in [0.1, 0.15) is 5.82 Å². The Bertz CT molecular complexity index is 1380. The van der Waals surface area contributed by atoms with Crippen LogP contribution in [0.2, 0.25) is 0 Å². The average molecular weight is 537 g/mol. The topological polar surface area (TPSA) is 122 Å². The number of amides is 4. The molecule has 0 saturated heterocycles. The van der Waals surface area contributed by atoms with Gasteiger partial charge in [-0.15, -0.1) is 0 Å². The van der Waals surface area contributed by atoms with Crippen LogP contribution in [0.15, 0.2) is 36.4 Å². The van der Waals surface area contributed by atoms with Crippen molar-refractivity contribution in [2.24, 2.45) is 11.1 Å². The van der Waals surface area contributed by atoms with Gasteiger partial charge in [-0.2, -0.15) is 13.2 Å². The van der Waals surface area contributed by atoms with E-state index in [-0.39, 0.29) is 36.3 Å². The molecule has 0 unspecified atom stereocenters. The van der Waals surface area contributed by atoms with Crippen LogP contribution in [0.5, 0.6) is 0 Å². The third kappa shape index (κ3) is 6.99. The van der Waals surface area contributed by atoms with Gasteiger partial charge in [-0.05, 0) is 41.8 Å². The van der Waals surface area contributed by atoms with Crippen molar-refractivity contribution < 1.29 is 31.9 Å². The molecule has 0 saturated carbocycles. The molecule has 0 aliphatic carbocycles. The van der Waals surface area contributed by atoms with Crippen LogP contribution in [0.4, 0.5) is 39.7 Å². The number of rotatable bonds is 7. The van der Waals surface area contributed by atoms with Crippen molar-refractivity contribution in [3.05, 3.63) is 47.8 Å². The van der Waals surface area contributed by atoms with E-state index in [4.69, 9.17) is 5.73 Å². The molecule has 3 aromatic rings. The molecule has 38 heavy (non-hydrogen) atoms. The van der Waals surface area contributed by atoms with E-state index in [1.165, 1.54) is 9.47 Å². The Balaban J connectivity index is 1.89. The van der Waals surface area contributed by atoms with Crippen molar-refractivity contribution in [2.75, 3.05) is 22.6 Å². The molecule has 4 N–H and O–H groups in total. The number of nitrogens with two attached hydrogens (primary N) is 1. The first-order valence-corrected chi connectivity index (χ1v) is 11.5. The average Bonchev–Trinajstić information content (AvgIpc) is 3.12. The minimum Gasteiger partial charge on any atom is -0.370 e. The van der Waals surface area contributed by atoms with Crippen molar-refractivity contribution in [1.29, 1.82) is 0 Å². The van der Waals surface area contributed by atoms with E-state index >= 15 is 0 Å². The molecule has 0 fully saturated rings. The van der Waals surface area contributed by atoms with E-state index in [0.29, 0.717) is 29.2 Å². The number of nitrogens with one attached hydrogen (secondary N) is 2. The largest absolute Gasteiger partial charge is 0.416 e. The predicted molar refractivity (Wildman–Crippen MR) is 135 cm³/mol. The molecule has 0 aliphatic rings. The third-order valence-corrected chi connectivity index (χ3v) is 5.53. The molecule has 0 aliphatic heterocycles. The molecule has 204 valence electrons. The standard InChI is InChI=1S/C25H28F4N6O3/c1-24(2,3)13-21(37)34(4)15-6-8-19-18(12-15)31-22(35(19)10-9-20(30)36)33-23(38)32-17-7-5-14(11-16(17)26)25(27,28)29/h5-8,11-12H,9-10,13H2,1-4H3,(H2,30,36)(H2,31,32,33,38). The molecule has 1 aromatic heterocycles. The molecule has 0 spiro atoms. The number of nitrogens with zero attached hydrogens (tertiary/aromatic N) is 3. The summed E-state index contributed by atoms with van der Waals surface area (Å²) in [5.74, 6) is -2.00. The maximum Gasteiger partial charge on any atom is 0.416 e. The quantitative estimate of drug-likeness (QED) is 0.363. The molecule has 1 heterocycles. The molecule has 0 atom stereocenters. The number of carbonyl (C=O) groups is 3. The maximum absolute atomic E-state index is 14.2. The van der Waals surface area contributed by atoms with Gasteiger partial charge in [0.2, 0.25) is 17.8 Å². The van der Waals surface area contributed by atoms with Crippen LogP contribution in [0.25, 0.3) is 11.0 Å². The second-order valence-corrected chi connectivity index (χ2v) is 9.94. The molecule has 0 radical (unpaired) electrons.